The maximum atomic E-state index is 13.6. The van der Waals surface area contributed by atoms with Crippen LogP contribution in [0, 0.1) is 0 Å². The first-order chi connectivity index (χ1) is 49.7. The second kappa shape index (κ2) is 40.3. The number of hydrogen-bond donors (Lipinski definition) is 0. The summed E-state index contributed by atoms with van der Waals surface area (Å²) in [5.74, 6) is -17.7. The van der Waals surface area contributed by atoms with E-state index in [1.54, 1.807) is 0 Å². The molecule has 106 heavy (non-hydrogen) atoms. The minimum Gasteiger partial charge on any atom is -0.463 e. The van der Waals surface area contributed by atoms with Gasteiger partial charge in [0.1, 0.15) is 81.4 Å². The van der Waals surface area contributed by atoms with Crippen LogP contribution in [0.4, 0.5) is 0 Å². The first-order valence-electron chi connectivity index (χ1n) is 32.2. The highest BCUT2D eigenvalue weighted by Gasteiger charge is 2.63. The van der Waals surface area contributed by atoms with Gasteiger partial charge in [0.05, 0.1) is 6.54 Å². The molecule has 0 aromatic heterocycles. The Hall–Kier alpha value is -9.53. The van der Waals surface area contributed by atoms with E-state index in [9.17, 15) is 82.2 Å². The SMILES string of the molecule is CC(=O)OC[C@H]1O[C@H](O[C@H]2[C@H](OC(C)=O)[C@@H](OC(C)=O)[C@@H](O[C@H]3[C@H](OC(C)=O)[C@@H](OC(C)=O)[C@@H](O[C@H]4[C@H](OC(C)=O)[C@@H](OC(C)=O)C(OC(C)=O)O[C@@H]4COC(C)=O)O[C@@H]3COC(C)=O)O[C@@H]2COC(C)=O)[C@H](OC(C)=O)[C@@H](OC(C)=O)[C@@H]1O[C@H]1O[C@H](CN=[N+]=[N-])[C@@H](OC(C)=O)[C@H](OC(C)=O)[C@H]1OC(C)=O. The Balaban J connectivity index is 1.74. The Morgan fingerprint density at radius 2 is 0.415 bits per heavy atom. The molecule has 0 spiro atoms. The second-order valence-corrected chi connectivity index (χ2v) is 23.7. The standard InChI is InChI=1S/C62H83N3O41/c1-22(66)82-18-39-44(49(88-28(7)72)53(92-32(11)76)58(99-39)97-37(16)81)104-60-56(95-35(14)79)51(90-30(9)74)46(41(101-60)20-84-24(3)68)106-62-57(96-36(15)80)52(91-31(10)75)47(42(102-62)21-85-25(4)69)105-61-55(94-34(13)78)50(89-29(8)73)45(40(100-61)19-83-23(2)67)103-59-54(93-33(12)77)48(87-27(6)71)43(86-26(5)70)38(98-59)17-64-65-63/h38-62H,17-21H2,1-16H3/t38-,39-,40-,41-,42-,43-,44-,45-,46-,47-,48+,49+,50+,51+,52+,53-,54-,55-,56-,57-,58?,59-,60-,61-,62-/m1/s1. The Kier molecular flexibility index (Phi) is 33.1. The van der Waals surface area contributed by atoms with Gasteiger partial charge in [-0.25, -0.2) is 0 Å². The number of azide groups is 1. The van der Waals surface area contributed by atoms with E-state index in [0.717, 1.165) is 111 Å². The normalized spacial score (nSPS) is 32.4. The van der Waals surface area contributed by atoms with E-state index >= 15 is 0 Å². The number of ether oxygens (including phenoxy) is 25. The van der Waals surface area contributed by atoms with E-state index in [1.165, 1.54) is 0 Å². The van der Waals surface area contributed by atoms with E-state index in [4.69, 9.17) is 118 Å². The molecular formula is C62H83N3O41. The lowest BCUT2D eigenvalue weighted by Gasteiger charge is -2.51. The first-order valence-corrected chi connectivity index (χ1v) is 32.2. The van der Waals surface area contributed by atoms with Crippen molar-refractivity contribution in [1.82, 2.24) is 0 Å². The highest BCUT2D eigenvalue weighted by Crippen LogP contribution is 2.42. The molecule has 5 heterocycles. The maximum Gasteiger partial charge on any atom is 0.305 e. The van der Waals surface area contributed by atoms with Crippen molar-refractivity contribution in [3.63, 3.8) is 0 Å². The fourth-order valence-electron chi connectivity index (χ4n) is 11.5. The van der Waals surface area contributed by atoms with Crippen LogP contribution < -0.4 is 0 Å². The number of carbonyl (C=O) groups is 16. The Morgan fingerprint density at radius 3 is 0.623 bits per heavy atom. The van der Waals surface area contributed by atoms with Gasteiger partial charge in [0, 0.05) is 116 Å². The molecule has 0 saturated carbocycles. The highest BCUT2D eigenvalue weighted by atomic mass is 16.8. The summed E-state index contributed by atoms with van der Waals surface area (Å²) >= 11 is 0. The number of esters is 16. The Morgan fingerprint density at radius 1 is 0.236 bits per heavy atom. The molecule has 5 aliphatic heterocycles. The van der Waals surface area contributed by atoms with Gasteiger partial charge in [-0.3, -0.25) is 76.7 Å². The molecule has 44 heteroatoms. The van der Waals surface area contributed by atoms with E-state index in [-0.39, 0.29) is 0 Å². The van der Waals surface area contributed by atoms with Crippen molar-refractivity contribution in [3.05, 3.63) is 10.4 Å². The summed E-state index contributed by atoms with van der Waals surface area (Å²) in [6.45, 7) is 9.84. The topological polar surface area (TPSA) is 553 Å². The summed E-state index contributed by atoms with van der Waals surface area (Å²) in [6.07, 6.45) is -51.3. The Labute approximate surface area is 602 Å². The van der Waals surface area contributed by atoms with Crippen LogP contribution in [0.5, 0.6) is 0 Å². The van der Waals surface area contributed by atoms with Crippen molar-refractivity contribution in [2.45, 2.75) is 264 Å². The van der Waals surface area contributed by atoms with E-state index in [1.807, 2.05) is 0 Å². The number of carbonyl (C=O) groups excluding carboxylic acids is 16. The summed E-state index contributed by atoms with van der Waals surface area (Å²) in [7, 11) is 0. The molecule has 592 valence electrons. The molecule has 5 saturated heterocycles. The molecule has 1 unspecified atom stereocenters. The van der Waals surface area contributed by atoms with Gasteiger partial charge < -0.3 is 118 Å². The van der Waals surface area contributed by atoms with Crippen molar-refractivity contribution < 1.29 is 195 Å². The molecule has 5 fully saturated rings. The summed E-state index contributed by atoms with van der Waals surface area (Å²) < 4.78 is 147. The minimum absolute atomic E-state index is 0.721. The van der Waals surface area contributed by atoms with Crippen LogP contribution in [-0.2, 0) is 195 Å². The zero-order valence-electron chi connectivity index (χ0n) is 60.0. The van der Waals surface area contributed by atoms with Crippen molar-refractivity contribution in [2.75, 3.05) is 33.0 Å². The zero-order chi connectivity index (χ0) is 79.3. The summed E-state index contributed by atoms with van der Waals surface area (Å²) in [5.41, 5.74) is 9.37. The van der Waals surface area contributed by atoms with Crippen molar-refractivity contribution in [2.24, 2.45) is 5.11 Å². The average Bonchev–Trinajstić information content (AvgIpc) is 0.763. The third-order valence-corrected chi connectivity index (χ3v) is 14.9. The van der Waals surface area contributed by atoms with Crippen LogP contribution in [0.25, 0.3) is 10.4 Å². The summed E-state index contributed by atoms with van der Waals surface area (Å²) in [5, 5.41) is 3.49. The number of hydrogen-bond acceptors (Lipinski definition) is 42. The molecule has 0 radical (unpaired) electrons. The molecule has 44 nitrogen and oxygen atoms in total. The smallest absolute Gasteiger partial charge is 0.305 e. The lowest BCUT2D eigenvalue weighted by Crippen LogP contribution is -2.70. The molecular weight excluding hydrogens is 1440 g/mol. The molecule has 0 amide bonds. The van der Waals surface area contributed by atoms with Gasteiger partial charge in [-0.05, 0) is 5.53 Å². The average molecular weight is 1530 g/mol. The Bertz CT molecular complexity index is 3270. The van der Waals surface area contributed by atoms with Gasteiger partial charge in [0.2, 0.25) is 12.4 Å². The lowest BCUT2D eigenvalue weighted by atomic mass is 9.94. The van der Waals surface area contributed by atoms with Crippen LogP contribution in [0.3, 0.4) is 0 Å². The molecule has 0 N–H and O–H groups in total. The van der Waals surface area contributed by atoms with Crippen LogP contribution in [0.1, 0.15) is 111 Å². The number of nitrogens with zero attached hydrogens (tertiary/aromatic N) is 3. The molecule has 0 aliphatic carbocycles. The molecule has 5 rings (SSSR count). The van der Waals surface area contributed by atoms with Gasteiger partial charge >= 0.3 is 95.5 Å². The third-order valence-electron chi connectivity index (χ3n) is 14.9. The highest BCUT2D eigenvalue weighted by molar-refractivity contribution is 5.72. The molecule has 5 aliphatic rings. The molecule has 0 bridgehead atoms. The van der Waals surface area contributed by atoms with Gasteiger partial charge in [-0.2, -0.15) is 0 Å². The van der Waals surface area contributed by atoms with Crippen molar-refractivity contribution in [3.8, 4) is 0 Å². The van der Waals surface area contributed by atoms with Crippen molar-refractivity contribution >= 4 is 95.5 Å². The predicted octanol–water partition coefficient (Wildman–Crippen LogP) is -1.47. The van der Waals surface area contributed by atoms with E-state index < -0.39 is 282 Å². The van der Waals surface area contributed by atoms with Gasteiger partial charge in [0.25, 0.3) is 0 Å². The van der Waals surface area contributed by atoms with Crippen LogP contribution in [0.15, 0.2) is 5.11 Å². The van der Waals surface area contributed by atoms with Gasteiger partial charge in [-0.15, -0.1) is 0 Å². The molecule has 25 atom stereocenters. The number of rotatable bonds is 30. The zero-order valence-corrected chi connectivity index (χ0v) is 60.0. The minimum atomic E-state index is -2.34. The third kappa shape index (κ3) is 25.9. The second-order valence-electron chi connectivity index (χ2n) is 23.7. The fraction of sp³-hybridized carbons (Fsp3) is 0.742. The predicted molar refractivity (Wildman–Crippen MR) is 326 cm³/mol. The fourth-order valence-corrected chi connectivity index (χ4v) is 11.5. The first kappa shape index (κ1) is 87.1. The van der Waals surface area contributed by atoms with Crippen LogP contribution in [-0.4, -0.2) is 282 Å². The molecule has 0 aromatic rings. The molecule has 0 aromatic carbocycles. The van der Waals surface area contributed by atoms with Crippen molar-refractivity contribution in [1.29, 1.82) is 0 Å². The van der Waals surface area contributed by atoms with E-state index in [0.29, 0.717) is 0 Å². The van der Waals surface area contributed by atoms with Gasteiger partial charge in [-0.1, -0.05) is 5.11 Å². The lowest BCUT2D eigenvalue weighted by molar-refractivity contribution is -0.392. The summed E-state index contributed by atoms with van der Waals surface area (Å²) in [6, 6.07) is 0. The van der Waals surface area contributed by atoms with Crippen LogP contribution >= 0.6 is 0 Å². The van der Waals surface area contributed by atoms with E-state index in [2.05, 4.69) is 10.0 Å². The van der Waals surface area contributed by atoms with Crippen LogP contribution in [0.2, 0.25) is 0 Å². The van der Waals surface area contributed by atoms with Gasteiger partial charge in [0.15, 0.2) is 86.2 Å². The maximum absolute atomic E-state index is 13.6. The monoisotopic (exact) mass is 1530 g/mol. The summed E-state index contributed by atoms with van der Waals surface area (Å²) in [4.78, 5) is 211. The quantitative estimate of drug-likeness (QED) is 0.0260. The largest absolute Gasteiger partial charge is 0.463 e.